The molecular weight excluding hydrogens is 395 g/mol. The third-order valence-electron chi connectivity index (χ3n) is 5.86. The second-order valence-corrected chi connectivity index (χ2v) is 8.61. The molecule has 4 aromatic rings. The van der Waals surface area contributed by atoms with Crippen LogP contribution in [0.25, 0.3) is 21.8 Å². The second kappa shape index (κ2) is 9.69. The van der Waals surface area contributed by atoms with Crippen LogP contribution in [0.2, 0.25) is 0 Å². The van der Waals surface area contributed by atoms with E-state index in [1.807, 2.05) is 6.20 Å². The fraction of sp³-hybridized carbons (Fsp3) is 0.333. The van der Waals surface area contributed by atoms with Crippen LogP contribution in [-0.4, -0.2) is 41.3 Å². The summed E-state index contributed by atoms with van der Waals surface area (Å²) in [5, 5.41) is 2.64. The molecule has 3 heterocycles. The van der Waals surface area contributed by atoms with Gasteiger partial charge in [0.1, 0.15) is 0 Å². The van der Waals surface area contributed by atoms with Crippen molar-refractivity contribution in [3.05, 3.63) is 66.5 Å². The summed E-state index contributed by atoms with van der Waals surface area (Å²) in [5.41, 5.74) is 3.94. The third kappa shape index (κ3) is 4.26. The second-order valence-electron chi connectivity index (χ2n) is 7.65. The normalized spacial score (nSPS) is 15.4. The molecule has 0 spiro atoms. The Morgan fingerprint density at radius 1 is 1.10 bits per heavy atom. The van der Waals surface area contributed by atoms with Crippen LogP contribution in [0, 0.1) is 0 Å². The maximum absolute atomic E-state index is 9.50. The summed E-state index contributed by atoms with van der Waals surface area (Å²) in [4.78, 5) is 7.19. The van der Waals surface area contributed by atoms with Crippen molar-refractivity contribution in [1.29, 1.82) is 0 Å². The van der Waals surface area contributed by atoms with Crippen molar-refractivity contribution in [2.75, 3.05) is 26.8 Å². The zero-order valence-corrected chi connectivity index (χ0v) is 18.4. The van der Waals surface area contributed by atoms with Crippen LogP contribution in [0.15, 0.2) is 65.8 Å². The highest BCUT2D eigenvalue weighted by Gasteiger charge is 2.26. The molecular formula is C24H29FN4S. The van der Waals surface area contributed by atoms with Crippen LogP contribution >= 0.6 is 11.9 Å². The van der Waals surface area contributed by atoms with Gasteiger partial charge in [0.25, 0.3) is 0 Å². The van der Waals surface area contributed by atoms with E-state index in [4.69, 9.17) is 0 Å². The number of aromatic nitrogens is 2. The van der Waals surface area contributed by atoms with Gasteiger partial charge in [0, 0.05) is 47.3 Å². The number of hydrogen-bond donors (Lipinski definition) is 2. The first-order chi connectivity index (χ1) is 14.8. The average molecular weight is 425 g/mol. The van der Waals surface area contributed by atoms with Crippen LogP contribution in [0.1, 0.15) is 24.4 Å². The van der Waals surface area contributed by atoms with E-state index in [1.54, 1.807) is 11.9 Å². The largest absolute Gasteiger partial charge is 0.361 e. The quantitative estimate of drug-likeness (QED) is 0.391. The average Bonchev–Trinajstić information content (AvgIpc) is 3.54. The number of aryl methyl sites for hydroxylation is 1. The molecule has 0 saturated carbocycles. The SMILES string of the molecule is CF.Cn1cc(C(CNSc2ccc3cc[nH]c3c2)N2CCCC2)c2ccccc21. The summed E-state index contributed by atoms with van der Waals surface area (Å²) < 4.78 is 15.4. The Bertz CT molecular complexity index is 1100. The number of alkyl halides is 1. The summed E-state index contributed by atoms with van der Waals surface area (Å²) in [6.07, 6.45) is 6.93. The van der Waals surface area contributed by atoms with Gasteiger partial charge in [-0.05, 0) is 73.1 Å². The molecule has 2 aromatic carbocycles. The number of H-pyrrole nitrogens is 1. The summed E-state index contributed by atoms with van der Waals surface area (Å²) >= 11 is 1.73. The van der Waals surface area contributed by atoms with Gasteiger partial charge in [-0.15, -0.1) is 0 Å². The first-order valence-corrected chi connectivity index (χ1v) is 11.2. The molecule has 5 rings (SSSR count). The standard InChI is InChI=1S/C23H26N4S.CH3F/c1-26-16-20(19-6-2-3-7-22(19)26)23(27-12-4-5-13-27)15-25-28-18-9-8-17-10-11-24-21(17)14-18;1-2/h2-3,6-11,14,16,23-25H,4-5,12-13,15H2,1H3;1H3. The molecule has 2 N–H and O–H groups in total. The van der Waals surface area contributed by atoms with Crippen molar-refractivity contribution in [2.24, 2.45) is 7.05 Å². The number of nitrogens with zero attached hydrogens (tertiary/aromatic N) is 2. The molecule has 0 bridgehead atoms. The Kier molecular flexibility index (Phi) is 6.77. The van der Waals surface area contributed by atoms with Gasteiger partial charge in [-0.3, -0.25) is 14.0 Å². The minimum Gasteiger partial charge on any atom is -0.361 e. The molecule has 1 aliphatic heterocycles. The van der Waals surface area contributed by atoms with Gasteiger partial charge in [0.15, 0.2) is 0 Å². The lowest BCUT2D eigenvalue weighted by atomic mass is 10.0. The lowest BCUT2D eigenvalue weighted by Gasteiger charge is -2.27. The monoisotopic (exact) mass is 424 g/mol. The van der Waals surface area contributed by atoms with E-state index in [2.05, 4.69) is 80.9 Å². The topological polar surface area (TPSA) is 36.0 Å². The number of benzene rings is 2. The Morgan fingerprint density at radius 2 is 1.90 bits per heavy atom. The van der Waals surface area contributed by atoms with Crippen molar-refractivity contribution < 1.29 is 4.39 Å². The van der Waals surface area contributed by atoms with Crippen LogP contribution < -0.4 is 4.72 Å². The molecule has 0 aliphatic carbocycles. The molecule has 1 atom stereocenters. The predicted molar refractivity (Wildman–Crippen MR) is 126 cm³/mol. The number of rotatable bonds is 6. The van der Waals surface area contributed by atoms with Gasteiger partial charge in [-0.2, -0.15) is 0 Å². The molecule has 1 aliphatic rings. The van der Waals surface area contributed by atoms with E-state index in [0.717, 1.165) is 6.54 Å². The van der Waals surface area contributed by atoms with E-state index >= 15 is 0 Å². The van der Waals surface area contributed by atoms with Gasteiger partial charge in [0.05, 0.1) is 13.2 Å². The van der Waals surface area contributed by atoms with Crippen molar-refractivity contribution >= 4 is 33.8 Å². The van der Waals surface area contributed by atoms with Crippen molar-refractivity contribution in [3.63, 3.8) is 0 Å². The van der Waals surface area contributed by atoms with Crippen molar-refractivity contribution in [2.45, 2.75) is 23.8 Å². The lowest BCUT2D eigenvalue weighted by Crippen LogP contribution is -2.32. The fourth-order valence-electron chi connectivity index (χ4n) is 4.42. The Morgan fingerprint density at radius 3 is 2.73 bits per heavy atom. The van der Waals surface area contributed by atoms with Crippen LogP contribution in [0.3, 0.4) is 0 Å². The molecule has 1 fully saturated rings. The third-order valence-corrected chi connectivity index (χ3v) is 6.66. The number of likely N-dealkylation sites (tertiary alicyclic amines) is 1. The molecule has 0 radical (unpaired) electrons. The van der Waals surface area contributed by atoms with E-state index in [-0.39, 0.29) is 0 Å². The number of hydrogen-bond acceptors (Lipinski definition) is 3. The van der Waals surface area contributed by atoms with Gasteiger partial charge < -0.3 is 9.55 Å². The number of aromatic amines is 1. The van der Waals surface area contributed by atoms with Gasteiger partial charge >= 0.3 is 0 Å². The molecule has 1 unspecified atom stereocenters. The smallest absolute Gasteiger partial charge is 0.0785 e. The maximum Gasteiger partial charge on any atom is 0.0785 e. The number of nitrogens with one attached hydrogen (secondary N) is 2. The Balaban J connectivity index is 0.00000106. The minimum absolute atomic E-state index is 0.398. The van der Waals surface area contributed by atoms with E-state index in [1.165, 1.54) is 58.2 Å². The maximum atomic E-state index is 9.50. The number of fused-ring (bicyclic) bond motifs is 2. The predicted octanol–water partition coefficient (Wildman–Crippen LogP) is 5.68. The zero-order chi connectivity index (χ0) is 20.9. The Labute approximate surface area is 181 Å². The summed E-state index contributed by atoms with van der Waals surface area (Å²) in [6, 6.07) is 17.9. The molecule has 1 saturated heterocycles. The molecule has 4 nitrogen and oxygen atoms in total. The van der Waals surface area contributed by atoms with Gasteiger partial charge in [0.2, 0.25) is 0 Å². The molecule has 0 amide bonds. The zero-order valence-electron chi connectivity index (χ0n) is 17.6. The highest BCUT2D eigenvalue weighted by atomic mass is 32.2. The van der Waals surface area contributed by atoms with E-state index in [0.29, 0.717) is 13.2 Å². The van der Waals surface area contributed by atoms with Crippen molar-refractivity contribution in [1.82, 2.24) is 19.2 Å². The summed E-state index contributed by atoms with van der Waals surface area (Å²) in [5.74, 6) is 0. The fourth-order valence-corrected chi connectivity index (χ4v) is 5.14. The Hall–Kier alpha value is -2.28. The summed E-state index contributed by atoms with van der Waals surface area (Å²) in [7, 11) is 2.65. The summed E-state index contributed by atoms with van der Waals surface area (Å²) in [6.45, 7) is 3.31. The first kappa shape index (κ1) is 21.0. The number of halogens is 1. The minimum atomic E-state index is 0.398. The molecule has 30 heavy (non-hydrogen) atoms. The first-order valence-electron chi connectivity index (χ1n) is 10.4. The van der Waals surface area contributed by atoms with Crippen LogP contribution in [0.4, 0.5) is 4.39 Å². The van der Waals surface area contributed by atoms with Crippen LogP contribution in [0.5, 0.6) is 0 Å². The van der Waals surface area contributed by atoms with E-state index in [9.17, 15) is 4.39 Å². The van der Waals surface area contributed by atoms with Crippen LogP contribution in [-0.2, 0) is 7.05 Å². The highest BCUT2D eigenvalue weighted by molar-refractivity contribution is 7.97. The molecule has 158 valence electrons. The molecule has 6 heteroatoms. The number of para-hydroxylation sites is 1. The van der Waals surface area contributed by atoms with Gasteiger partial charge in [-0.1, -0.05) is 24.3 Å². The van der Waals surface area contributed by atoms with E-state index < -0.39 is 0 Å². The molecule has 2 aromatic heterocycles. The van der Waals surface area contributed by atoms with Gasteiger partial charge in [-0.25, -0.2) is 0 Å². The van der Waals surface area contributed by atoms with Crippen molar-refractivity contribution in [3.8, 4) is 0 Å². The lowest BCUT2D eigenvalue weighted by molar-refractivity contribution is 0.249. The highest BCUT2D eigenvalue weighted by Crippen LogP contribution is 2.32.